The monoisotopic (exact) mass is 732 g/mol. The van der Waals surface area contributed by atoms with Crippen LogP contribution in [0.4, 0.5) is 0 Å². The van der Waals surface area contributed by atoms with Crippen LogP contribution in [-0.2, 0) is 0 Å². The molecule has 0 spiro atoms. The molecule has 1 aliphatic heterocycles. The zero-order valence-corrected chi connectivity index (χ0v) is 30.6. The van der Waals surface area contributed by atoms with Crippen LogP contribution in [0.5, 0.6) is 0 Å². The normalized spacial score (nSPS) is 14.5. The van der Waals surface area contributed by atoms with E-state index in [9.17, 15) is 0 Å². The Kier molecular flexibility index (Phi) is 6.89. The number of benzene rings is 8. The number of amidine groups is 2. The van der Waals surface area contributed by atoms with Gasteiger partial charge in [-0.3, -0.25) is 0 Å². The van der Waals surface area contributed by atoms with Crippen LogP contribution in [0.3, 0.4) is 0 Å². The van der Waals surface area contributed by atoms with E-state index in [1.54, 1.807) is 0 Å². The number of rotatable bonds is 5. The highest BCUT2D eigenvalue weighted by Crippen LogP contribution is 2.45. The molecule has 8 aromatic carbocycles. The Labute approximate surface area is 326 Å². The average Bonchev–Trinajstić information content (AvgIpc) is 3.96. The van der Waals surface area contributed by atoms with Gasteiger partial charge in [0.1, 0.15) is 28.8 Å². The SMILES string of the molecule is c1ccc(C2=NC(c3ccc4c(oc5c(-n6c7ccccc7c7ccccc76)cccc54)c3-c3ccc4oc5ccccc5c4c3)NC(c3ccccc3)=N2)cc1. The van der Waals surface area contributed by atoms with Crippen LogP contribution in [0.2, 0.25) is 0 Å². The number of aliphatic imine (C=N–C) groups is 2. The van der Waals surface area contributed by atoms with E-state index in [1.165, 1.54) is 10.8 Å². The maximum absolute atomic E-state index is 7.28. The summed E-state index contributed by atoms with van der Waals surface area (Å²) >= 11 is 0. The highest BCUT2D eigenvalue weighted by Gasteiger charge is 2.28. The highest BCUT2D eigenvalue weighted by molar-refractivity contribution is 6.17. The number of para-hydroxylation sites is 4. The van der Waals surface area contributed by atoms with Gasteiger partial charge in [0, 0.05) is 54.6 Å². The fraction of sp³-hybridized carbons (Fsp3) is 0.0196. The second kappa shape index (κ2) is 12.4. The molecule has 3 aromatic heterocycles. The lowest BCUT2D eigenvalue weighted by atomic mass is 9.93. The first-order valence-electron chi connectivity index (χ1n) is 19.2. The molecular weight excluding hydrogens is 701 g/mol. The van der Waals surface area contributed by atoms with Crippen LogP contribution in [-0.4, -0.2) is 16.2 Å². The first-order valence-corrected chi connectivity index (χ1v) is 19.2. The fourth-order valence-corrected chi connectivity index (χ4v) is 8.70. The van der Waals surface area contributed by atoms with Gasteiger partial charge in [-0.25, -0.2) is 9.98 Å². The van der Waals surface area contributed by atoms with E-state index in [4.69, 9.17) is 18.8 Å². The van der Waals surface area contributed by atoms with Gasteiger partial charge in [0.15, 0.2) is 11.4 Å². The number of fused-ring (bicyclic) bond motifs is 9. The molecule has 268 valence electrons. The summed E-state index contributed by atoms with van der Waals surface area (Å²) in [6, 6.07) is 63.1. The van der Waals surface area contributed by atoms with Crippen LogP contribution in [0.15, 0.2) is 201 Å². The zero-order valence-electron chi connectivity index (χ0n) is 30.6. The minimum Gasteiger partial charge on any atom is -0.456 e. The molecule has 1 aliphatic rings. The highest BCUT2D eigenvalue weighted by atomic mass is 16.3. The topological polar surface area (TPSA) is 68.0 Å². The Bertz CT molecular complexity index is 3390. The number of aromatic nitrogens is 1. The fourth-order valence-electron chi connectivity index (χ4n) is 8.70. The molecule has 0 bridgehead atoms. The van der Waals surface area contributed by atoms with E-state index >= 15 is 0 Å². The van der Waals surface area contributed by atoms with Crippen molar-refractivity contribution in [1.82, 2.24) is 9.88 Å². The predicted octanol–water partition coefficient (Wildman–Crippen LogP) is 12.7. The molecule has 0 saturated heterocycles. The second-order valence-electron chi connectivity index (χ2n) is 14.5. The second-order valence-corrected chi connectivity index (χ2v) is 14.5. The Balaban J connectivity index is 1.15. The van der Waals surface area contributed by atoms with Crippen molar-refractivity contribution in [2.75, 3.05) is 0 Å². The maximum atomic E-state index is 7.28. The molecule has 0 radical (unpaired) electrons. The van der Waals surface area contributed by atoms with Gasteiger partial charge in [-0.1, -0.05) is 146 Å². The molecular formula is C51H32N4O2. The van der Waals surface area contributed by atoms with Crippen molar-refractivity contribution in [1.29, 1.82) is 0 Å². The molecule has 1 N–H and O–H groups in total. The third-order valence-corrected chi connectivity index (χ3v) is 11.3. The molecule has 1 atom stereocenters. The van der Waals surface area contributed by atoms with Crippen molar-refractivity contribution in [3.63, 3.8) is 0 Å². The minimum absolute atomic E-state index is 0.478. The lowest BCUT2D eigenvalue weighted by Crippen LogP contribution is -2.33. The van der Waals surface area contributed by atoms with E-state index in [0.717, 1.165) is 94.3 Å². The van der Waals surface area contributed by atoms with Crippen molar-refractivity contribution < 1.29 is 8.83 Å². The third-order valence-electron chi connectivity index (χ3n) is 11.3. The molecule has 0 saturated carbocycles. The van der Waals surface area contributed by atoms with Crippen LogP contribution >= 0.6 is 0 Å². The average molecular weight is 733 g/mol. The smallest absolute Gasteiger partial charge is 0.159 e. The third kappa shape index (κ3) is 4.90. The summed E-state index contributed by atoms with van der Waals surface area (Å²) in [6.45, 7) is 0. The summed E-state index contributed by atoms with van der Waals surface area (Å²) in [5.74, 6) is 1.42. The summed E-state index contributed by atoms with van der Waals surface area (Å²) < 4.78 is 15.9. The lowest BCUT2D eigenvalue weighted by molar-refractivity contribution is 0.655. The van der Waals surface area contributed by atoms with Crippen molar-refractivity contribution >= 4 is 77.4 Å². The molecule has 6 heteroatoms. The van der Waals surface area contributed by atoms with Gasteiger partial charge in [-0.05, 0) is 42.0 Å². The summed E-state index contributed by atoms with van der Waals surface area (Å²) in [5.41, 5.74) is 11.5. The summed E-state index contributed by atoms with van der Waals surface area (Å²) in [5, 5.41) is 10.3. The van der Waals surface area contributed by atoms with Crippen LogP contribution in [0, 0.1) is 0 Å². The van der Waals surface area contributed by atoms with Crippen LogP contribution < -0.4 is 5.32 Å². The van der Waals surface area contributed by atoms with Crippen molar-refractivity contribution in [2.24, 2.45) is 9.98 Å². The van der Waals surface area contributed by atoms with Gasteiger partial charge in [-0.15, -0.1) is 0 Å². The Morgan fingerprint density at radius 1 is 0.456 bits per heavy atom. The van der Waals surface area contributed by atoms with Gasteiger partial charge < -0.3 is 18.7 Å². The summed E-state index contributed by atoms with van der Waals surface area (Å²) in [6.07, 6.45) is -0.478. The predicted molar refractivity (Wildman–Crippen MR) is 233 cm³/mol. The number of hydrogen-bond donors (Lipinski definition) is 1. The van der Waals surface area contributed by atoms with Crippen molar-refractivity contribution in [3.8, 4) is 16.8 Å². The number of nitrogens with zero attached hydrogens (tertiary/aromatic N) is 3. The first kappa shape index (κ1) is 31.6. The molecule has 0 aliphatic carbocycles. The molecule has 0 amide bonds. The van der Waals surface area contributed by atoms with Crippen LogP contribution in [0.1, 0.15) is 22.9 Å². The Morgan fingerprint density at radius 3 is 1.86 bits per heavy atom. The van der Waals surface area contributed by atoms with Gasteiger partial charge in [0.05, 0.1) is 16.7 Å². The Morgan fingerprint density at radius 2 is 1.09 bits per heavy atom. The van der Waals surface area contributed by atoms with E-state index in [2.05, 4.69) is 143 Å². The molecule has 4 heterocycles. The van der Waals surface area contributed by atoms with Crippen molar-refractivity contribution in [2.45, 2.75) is 6.17 Å². The Hall–Kier alpha value is -7.70. The van der Waals surface area contributed by atoms with Gasteiger partial charge in [-0.2, -0.15) is 0 Å². The number of furan rings is 2. The first-order chi connectivity index (χ1) is 28.3. The largest absolute Gasteiger partial charge is 0.456 e. The molecule has 0 fully saturated rings. The van der Waals surface area contributed by atoms with E-state index in [-0.39, 0.29) is 0 Å². The minimum atomic E-state index is -0.478. The van der Waals surface area contributed by atoms with E-state index in [0.29, 0.717) is 5.84 Å². The molecule has 11 aromatic rings. The van der Waals surface area contributed by atoms with E-state index < -0.39 is 6.17 Å². The van der Waals surface area contributed by atoms with Gasteiger partial charge in [0.2, 0.25) is 0 Å². The molecule has 57 heavy (non-hydrogen) atoms. The van der Waals surface area contributed by atoms with E-state index in [1.807, 2.05) is 48.5 Å². The molecule has 1 unspecified atom stereocenters. The number of nitrogens with one attached hydrogen (secondary N) is 1. The van der Waals surface area contributed by atoms with Crippen molar-refractivity contribution in [3.05, 3.63) is 199 Å². The standard InChI is InChI=1S/C51H32N4O2/c1-3-14-31(15-4-1)49-52-50(32-16-5-2-6-17-32)54-51(53-49)39-28-27-38-37-21-13-24-43(55-41-22-10-7-18-34(41)35-19-8-11-23-42(35)55)47(37)57-48(38)46(39)33-26-29-45-40(30-33)36-20-9-12-25-44(36)56-45/h1-30,51H,(H,52,53,54). The molecule has 12 rings (SSSR count). The molecule has 6 nitrogen and oxygen atoms in total. The quantitative estimate of drug-likeness (QED) is 0.192. The maximum Gasteiger partial charge on any atom is 0.159 e. The zero-order chi connectivity index (χ0) is 37.5. The summed E-state index contributed by atoms with van der Waals surface area (Å²) in [4.78, 5) is 10.4. The summed E-state index contributed by atoms with van der Waals surface area (Å²) in [7, 11) is 0. The number of hydrogen-bond acceptors (Lipinski definition) is 5. The van der Waals surface area contributed by atoms with Gasteiger partial charge in [0.25, 0.3) is 0 Å². The van der Waals surface area contributed by atoms with Gasteiger partial charge >= 0.3 is 0 Å². The lowest BCUT2D eigenvalue weighted by Gasteiger charge is -2.25. The van der Waals surface area contributed by atoms with Crippen LogP contribution in [0.25, 0.3) is 82.5 Å².